The molecule has 1 aromatic rings. The molecule has 1 saturated heterocycles. The largest absolute Gasteiger partial charge is 0.377 e. The van der Waals surface area contributed by atoms with Crippen molar-refractivity contribution in [1.29, 1.82) is 0 Å². The van der Waals surface area contributed by atoms with Crippen LogP contribution in [0, 0.1) is 6.92 Å². The molecule has 0 amide bonds. The lowest BCUT2D eigenvalue weighted by molar-refractivity contribution is 0.0643. The summed E-state index contributed by atoms with van der Waals surface area (Å²) in [6, 6.07) is 6.81. The van der Waals surface area contributed by atoms with Crippen LogP contribution in [0.4, 0.5) is 5.69 Å². The summed E-state index contributed by atoms with van der Waals surface area (Å²) < 4.78 is 5.62. The maximum absolute atomic E-state index is 5.62. The summed E-state index contributed by atoms with van der Waals surface area (Å²) in [6.07, 6.45) is 0. The molecule has 0 aliphatic carbocycles. The molecular weight excluding hydrogens is 260 g/mol. The van der Waals surface area contributed by atoms with Crippen LogP contribution in [0.25, 0.3) is 0 Å². The summed E-state index contributed by atoms with van der Waals surface area (Å²) in [5.74, 6) is 0. The van der Waals surface area contributed by atoms with E-state index in [0.29, 0.717) is 0 Å². The predicted octanol–water partition coefficient (Wildman–Crippen LogP) is 3.50. The number of nitrogens with zero attached hydrogens (tertiary/aromatic N) is 1. The predicted molar refractivity (Wildman–Crippen MR) is 90.0 cm³/mol. The topological polar surface area (TPSA) is 24.5 Å². The molecule has 3 heteroatoms. The average Bonchev–Trinajstić information content (AvgIpc) is 2.36. The number of hydrogen-bond acceptors (Lipinski definition) is 3. The molecule has 0 spiro atoms. The Labute approximate surface area is 129 Å². The van der Waals surface area contributed by atoms with Gasteiger partial charge in [0.25, 0.3) is 0 Å². The lowest BCUT2D eigenvalue weighted by Gasteiger charge is -2.44. The Bertz CT molecular complexity index is 488. The van der Waals surface area contributed by atoms with E-state index in [1.165, 1.54) is 16.8 Å². The number of aryl methyl sites for hydroxylation is 1. The number of benzene rings is 1. The van der Waals surface area contributed by atoms with E-state index < -0.39 is 0 Å². The van der Waals surface area contributed by atoms with Gasteiger partial charge in [0, 0.05) is 24.3 Å². The fraction of sp³-hybridized carbons (Fsp3) is 0.667. The first-order valence-electron chi connectivity index (χ1n) is 7.89. The smallest absolute Gasteiger partial charge is 0.0694 e. The van der Waals surface area contributed by atoms with Crippen LogP contribution in [0.1, 0.15) is 45.7 Å². The van der Waals surface area contributed by atoms with Gasteiger partial charge in [0.05, 0.1) is 18.8 Å². The van der Waals surface area contributed by atoms with E-state index in [1.807, 2.05) is 0 Å². The van der Waals surface area contributed by atoms with Crippen LogP contribution in [0.5, 0.6) is 0 Å². The van der Waals surface area contributed by atoms with E-state index in [4.69, 9.17) is 4.74 Å². The molecule has 0 saturated carbocycles. The zero-order chi connectivity index (χ0) is 15.7. The Balaban J connectivity index is 2.15. The van der Waals surface area contributed by atoms with Crippen LogP contribution in [0.3, 0.4) is 0 Å². The van der Waals surface area contributed by atoms with Gasteiger partial charge in [-0.1, -0.05) is 12.1 Å². The molecule has 21 heavy (non-hydrogen) atoms. The van der Waals surface area contributed by atoms with Gasteiger partial charge in [0.2, 0.25) is 0 Å². The molecule has 0 unspecified atom stereocenters. The van der Waals surface area contributed by atoms with Crippen molar-refractivity contribution < 1.29 is 4.74 Å². The van der Waals surface area contributed by atoms with Crippen LogP contribution in [-0.2, 0) is 11.3 Å². The standard InChI is InChI=1S/C18H30N2O/c1-14-11-15(12-19-17(2,3)4)7-8-16(14)20-9-10-21-13-18(20,5)6/h7-8,11,19H,9-10,12-13H2,1-6H3. The second kappa shape index (κ2) is 5.98. The number of nitrogens with one attached hydrogen (secondary N) is 1. The third-order valence-corrected chi connectivity index (χ3v) is 4.02. The van der Waals surface area contributed by atoms with Gasteiger partial charge in [-0.3, -0.25) is 0 Å². The number of ether oxygens (including phenoxy) is 1. The Hall–Kier alpha value is -1.06. The summed E-state index contributed by atoms with van der Waals surface area (Å²) in [4.78, 5) is 2.48. The third-order valence-electron chi connectivity index (χ3n) is 4.02. The van der Waals surface area contributed by atoms with Crippen molar-refractivity contribution in [2.45, 2.75) is 59.2 Å². The second-order valence-corrected chi connectivity index (χ2v) is 7.74. The summed E-state index contributed by atoms with van der Waals surface area (Å²) in [6.45, 7) is 16.8. The molecule has 1 N–H and O–H groups in total. The average molecular weight is 290 g/mol. The van der Waals surface area contributed by atoms with Crippen molar-refractivity contribution in [2.75, 3.05) is 24.7 Å². The van der Waals surface area contributed by atoms with Gasteiger partial charge in [-0.2, -0.15) is 0 Å². The van der Waals surface area contributed by atoms with Crippen LogP contribution in [0.2, 0.25) is 0 Å². The molecule has 0 aromatic heterocycles. The lowest BCUT2D eigenvalue weighted by atomic mass is 9.99. The Morgan fingerprint density at radius 1 is 1.29 bits per heavy atom. The maximum Gasteiger partial charge on any atom is 0.0694 e. The van der Waals surface area contributed by atoms with E-state index in [9.17, 15) is 0 Å². The highest BCUT2D eigenvalue weighted by Crippen LogP contribution is 2.30. The minimum atomic E-state index is 0.0637. The monoisotopic (exact) mass is 290 g/mol. The Morgan fingerprint density at radius 3 is 2.57 bits per heavy atom. The molecule has 1 heterocycles. The highest BCUT2D eigenvalue weighted by Gasteiger charge is 2.31. The summed E-state index contributed by atoms with van der Waals surface area (Å²) in [5, 5.41) is 3.55. The second-order valence-electron chi connectivity index (χ2n) is 7.74. The van der Waals surface area contributed by atoms with Gasteiger partial charge in [0.1, 0.15) is 0 Å². The van der Waals surface area contributed by atoms with Crippen molar-refractivity contribution in [1.82, 2.24) is 5.32 Å². The summed E-state index contributed by atoms with van der Waals surface area (Å²) in [5.41, 5.74) is 4.24. The van der Waals surface area contributed by atoms with Crippen LogP contribution in [0.15, 0.2) is 18.2 Å². The summed E-state index contributed by atoms with van der Waals surface area (Å²) >= 11 is 0. The van der Waals surface area contributed by atoms with Crippen LogP contribution in [-0.4, -0.2) is 30.8 Å². The normalized spacial score (nSPS) is 18.9. The molecule has 0 radical (unpaired) electrons. The zero-order valence-electron chi connectivity index (χ0n) is 14.4. The Kier molecular flexibility index (Phi) is 4.64. The highest BCUT2D eigenvalue weighted by molar-refractivity contribution is 5.56. The van der Waals surface area contributed by atoms with Crippen molar-refractivity contribution in [3.05, 3.63) is 29.3 Å². The van der Waals surface area contributed by atoms with Gasteiger partial charge >= 0.3 is 0 Å². The van der Waals surface area contributed by atoms with Crippen molar-refractivity contribution >= 4 is 5.69 Å². The van der Waals surface area contributed by atoms with E-state index in [0.717, 1.165) is 26.3 Å². The molecular formula is C18H30N2O. The lowest BCUT2D eigenvalue weighted by Crippen LogP contribution is -2.53. The first-order chi connectivity index (χ1) is 9.69. The number of anilines is 1. The molecule has 0 atom stereocenters. The van der Waals surface area contributed by atoms with Gasteiger partial charge in [-0.05, 0) is 58.7 Å². The van der Waals surface area contributed by atoms with E-state index >= 15 is 0 Å². The van der Waals surface area contributed by atoms with Crippen LogP contribution < -0.4 is 10.2 Å². The molecule has 3 nitrogen and oxygen atoms in total. The molecule has 1 aromatic carbocycles. The van der Waals surface area contributed by atoms with Gasteiger partial charge in [-0.25, -0.2) is 0 Å². The zero-order valence-corrected chi connectivity index (χ0v) is 14.4. The molecule has 118 valence electrons. The van der Waals surface area contributed by atoms with Gasteiger partial charge in [-0.15, -0.1) is 0 Å². The number of morpholine rings is 1. The van der Waals surface area contributed by atoms with Gasteiger partial charge < -0.3 is 15.0 Å². The SMILES string of the molecule is Cc1cc(CNC(C)(C)C)ccc1N1CCOCC1(C)C. The quantitative estimate of drug-likeness (QED) is 0.922. The minimum Gasteiger partial charge on any atom is -0.377 e. The maximum atomic E-state index is 5.62. The van der Waals surface area contributed by atoms with Crippen molar-refractivity contribution in [3.63, 3.8) is 0 Å². The molecule has 1 aliphatic heterocycles. The fourth-order valence-electron chi connectivity index (χ4n) is 2.80. The molecule has 1 aliphatic rings. The fourth-order valence-corrected chi connectivity index (χ4v) is 2.80. The molecule has 0 bridgehead atoms. The number of rotatable bonds is 3. The molecule has 1 fully saturated rings. The van der Waals surface area contributed by atoms with E-state index in [-0.39, 0.29) is 11.1 Å². The van der Waals surface area contributed by atoms with Crippen molar-refractivity contribution in [2.24, 2.45) is 0 Å². The first-order valence-corrected chi connectivity index (χ1v) is 7.89. The van der Waals surface area contributed by atoms with E-state index in [1.54, 1.807) is 0 Å². The van der Waals surface area contributed by atoms with E-state index in [2.05, 4.69) is 70.0 Å². The van der Waals surface area contributed by atoms with Crippen LogP contribution >= 0.6 is 0 Å². The molecule has 2 rings (SSSR count). The number of hydrogen-bond donors (Lipinski definition) is 1. The Morgan fingerprint density at radius 2 is 2.00 bits per heavy atom. The third kappa shape index (κ3) is 4.21. The highest BCUT2D eigenvalue weighted by atomic mass is 16.5. The van der Waals surface area contributed by atoms with Gasteiger partial charge in [0.15, 0.2) is 0 Å². The van der Waals surface area contributed by atoms with Crippen molar-refractivity contribution in [3.8, 4) is 0 Å². The summed E-state index contributed by atoms with van der Waals surface area (Å²) in [7, 11) is 0. The first kappa shape index (κ1) is 16.3. The minimum absolute atomic E-state index is 0.0637.